The van der Waals surface area contributed by atoms with Gasteiger partial charge in [0.1, 0.15) is 0 Å². The van der Waals surface area contributed by atoms with Gasteiger partial charge in [0.15, 0.2) is 5.82 Å². The van der Waals surface area contributed by atoms with Gasteiger partial charge in [-0.15, -0.1) is 0 Å². The smallest absolute Gasteiger partial charge is 0.160 e. The molecule has 278 valence electrons. The fourth-order valence-electron chi connectivity index (χ4n) is 7.76. The highest BCUT2D eigenvalue weighted by atomic mass is 15.1. The molecule has 0 aliphatic heterocycles. The number of para-hydroxylation sites is 1. The Morgan fingerprint density at radius 2 is 0.593 bits per heavy atom. The number of benzene rings is 9. The zero-order valence-corrected chi connectivity index (χ0v) is 32.4. The lowest BCUT2D eigenvalue weighted by molar-refractivity contribution is 1.18. The van der Waals surface area contributed by atoms with Crippen LogP contribution in [-0.2, 0) is 0 Å². The fraction of sp³-hybridized carbons (Fsp3) is 0. The first-order valence-corrected chi connectivity index (χ1v) is 20.0. The molecule has 0 atom stereocenters. The highest BCUT2D eigenvalue weighted by Crippen LogP contribution is 2.37. The Morgan fingerprint density at radius 1 is 0.237 bits per heavy atom. The first-order valence-electron chi connectivity index (χ1n) is 20.0. The van der Waals surface area contributed by atoms with Crippen molar-refractivity contribution in [2.24, 2.45) is 0 Å². The molecule has 0 aliphatic rings. The van der Waals surface area contributed by atoms with Crippen LogP contribution in [0, 0.1) is 0 Å². The van der Waals surface area contributed by atoms with Crippen molar-refractivity contribution in [3.63, 3.8) is 0 Å². The highest BCUT2D eigenvalue weighted by molar-refractivity contribution is 5.88. The fourth-order valence-corrected chi connectivity index (χ4v) is 7.76. The van der Waals surface area contributed by atoms with Crippen molar-refractivity contribution in [1.29, 1.82) is 0 Å². The van der Waals surface area contributed by atoms with E-state index in [9.17, 15) is 0 Å². The minimum Gasteiger partial charge on any atom is -0.311 e. The molecule has 1 aromatic heterocycles. The van der Waals surface area contributed by atoms with Crippen LogP contribution in [0.3, 0.4) is 0 Å². The minimum absolute atomic E-state index is 0.699. The summed E-state index contributed by atoms with van der Waals surface area (Å²) >= 11 is 0. The predicted octanol–water partition coefficient (Wildman–Crippen LogP) is 15.1. The number of hydrogen-bond donors (Lipinski definition) is 0. The van der Waals surface area contributed by atoms with E-state index in [1.807, 2.05) is 6.07 Å². The second-order valence-corrected chi connectivity index (χ2v) is 14.7. The van der Waals surface area contributed by atoms with E-state index in [0.717, 1.165) is 56.3 Å². The molecular weight excluding hydrogens is 715 g/mol. The summed E-state index contributed by atoms with van der Waals surface area (Å²) in [6, 6.07) is 83.5. The molecule has 0 radical (unpaired) electrons. The van der Waals surface area contributed by atoms with Crippen LogP contribution in [0.15, 0.2) is 237 Å². The summed E-state index contributed by atoms with van der Waals surface area (Å²) in [5, 5.41) is 2.40. The number of nitrogens with zero attached hydrogens (tertiary/aromatic N) is 3. The van der Waals surface area contributed by atoms with E-state index < -0.39 is 0 Å². The van der Waals surface area contributed by atoms with Gasteiger partial charge in [0.05, 0.1) is 11.4 Å². The zero-order chi connectivity index (χ0) is 39.4. The lowest BCUT2D eigenvalue weighted by atomic mass is 10.00. The molecule has 0 spiro atoms. The van der Waals surface area contributed by atoms with Gasteiger partial charge in [0.25, 0.3) is 0 Å². The van der Waals surface area contributed by atoms with Crippen molar-refractivity contribution < 1.29 is 0 Å². The molecule has 9 aromatic carbocycles. The van der Waals surface area contributed by atoms with Crippen LogP contribution in [0.1, 0.15) is 0 Å². The molecule has 10 rings (SSSR count). The molecule has 10 aromatic rings. The number of hydrogen-bond acceptors (Lipinski definition) is 3. The summed E-state index contributed by atoms with van der Waals surface area (Å²) < 4.78 is 0. The quantitative estimate of drug-likeness (QED) is 0.147. The number of rotatable bonds is 9. The summed E-state index contributed by atoms with van der Waals surface area (Å²) in [7, 11) is 0. The van der Waals surface area contributed by atoms with Crippen LogP contribution in [-0.4, -0.2) is 9.97 Å². The summed E-state index contributed by atoms with van der Waals surface area (Å²) in [6.07, 6.45) is 0. The van der Waals surface area contributed by atoms with E-state index in [1.54, 1.807) is 0 Å². The average Bonchev–Trinajstić information content (AvgIpc) is 3.33. The maximum Gasteiger partial charge on any atom is 0.160 e. The van der Waals surface area contributed by atoms with Crippen LogP contribution >= 0.6 is 0 Å². The van der Waals surface area contributed by atoms with Gasteiger partial charge in [0.2, 0.25) is 0 Å². The molecule has 0 saturated heterocycles. The standard InChI is InChI=1S/C56H39N3/c1-4-12-40(13-5-1)42-20-22-43(23-21-42)45-30-34-52(35-31-45)59(51-18-8-3-9-19-51)53-36-32-46(33-37-53)44-24-27-48(28-25-44)56-57-54(47-15-6-2-7-16-47)39-55(58-56)50-29-26-41-14-10-11-17-49(41)38-50/h1-39H. The molecule has 0 unspecified atom stereocenters. The van der Waals surface area contributed by atoms with Crippen molar-refractivity contribution in [3.8, 4) is 67.3 Å². The van der Waals surface area contributed by atoms with E-state index in [1.165, 1.54) is 33.0 Å². The van der Waals surface area contributed by atoms with E-state index in [4.69, 9.17) is 9.97 Å². The second kappa shape index (κ2) is 15.9. The van der Waals surface area contributed by atoms with Crippen LogP contribution < -0.4 is 4.90 Å². The topological polar surface area (TPSA) is 29.0 Å². The molecule has 3 heteroatoms. The Kier molecular flexibility index (Phi) is 9.59. The Labute approximate surface area is 345 Å². The van der Waals surface area contributed by atoms with Crippen LogP contribution in [0.2, 0.25) is 0 Å². The van der Waals surface area contributed by atoms with Crippen molar-refractivity contribution in [1.82, 2.24) is 9.97 Å². The highest BCUT2D eigenvalue weighted by Gasteiger charge is 2.15. The van der Waals surface area contributed by atoms with Gasteiger partial charge in [-0.3, -0.25) is 0 Å². The Hall–Kier alpha value is -7.88. The minimum atomic E-state index is 0.699. The van der Waals surface area contributed by atoms with Crippen LogP contribution in [0.25, 0.3) is 78.1 Å². The molecule has 0 aliphatic carbocycles. The maximum absolute atomic E-state index is 5.12. The normalized spacial score (nSPS) is 11.1. The average molecular weight is 754 g/mol. The predicted molar refractivity (Wildman–Crippen MR) is 247 cm³/mol. The van der Waals surface area contributed by atoms with E-state index >= 15 is 0 Å². The SMILES string of the molecule is c1ccc(-c2ccc(-c3ccc(N(c4ccccc4)c4ccc(-c5ccc(-c6nc(-c7ccccc7)cc(-c7ccc8ccccc8c7)n6)cc5)cc4)cc3)cc2)cc1. The second-order valence-electron chi connectivity index (χ2n) is 14.7. The van der Waals surface area contributed by atoms with Crippen LogP contribution in [0.4, 0.5) is 17.1 Å². The molecule has 0 amide bonds. The van der Waals surface area contributed by atoms with Gasteiger partial charge in [-0.1, -0.05) is 188 Å². The first-order chi connectivity index (χ1) is 29.2. The maximum atomic E-state index is 5.12. The Bertz CT molecular complexity index is 2980. The summed E-state index contributed by atoms with van der Waals surface area (Å²) in [4.78, 5) is 12.5. The van der Waals surface area contributed by atoms with Crippen molar-refractivity contribution in [2.45, 2.75) is 0 Å². The number of fused-ring (bicyclic) bond motifs is 1. The third-order valence-electron chi connectivity index (χ3n) is 10.9. The van der Waals surface area contributed by atoms with Crippen molar-refractivity contribution in [2.75, 3.05) is 4.90 Å². The lowest BCUT2D eigenvalue weighted by Crippen LogP contribution is -2.09. The van der Waals surface area contributed by atoms with Gasteiger partial charge in [0, 0.05) is 33.8 Å². The number of anilines is 3. The third-order valence-corrected chi connectivity index (χ3v) is 10.9. The molecule has 1 heterocycles. The Balaban J connectivity index is 0.928. The lowest BCUT2D eigenvalue weighted by Gasteiger charge is -2.26. The summed E-state index contributed by atoms with van der Waals surface area (Å²) in [6.45, 7) is 0. The first kappa shape index (κ1) is 35.5. The van der Waals surface area contributed by atoms with Crippen LogP contribution in [0.5, 0.6) is 0 Å². The summed E-state index contributed by atoms with van der Waals surface area (Å²) in [5.41, 5.74) is 15.3. The zero-order valence-electron chi connectivity index (χ0n) is 32.4. The van der Waals surface area contributed by atoms with Gasteiger partial charge >= 0.3 is 0 Å². The molecular formula is C56H39N3. The molecule has 0 bridgehead atoms. The van der Waals surface area contributed by atoms with E-state index in [2.05, 4.69) is 235 Å². The molecule has 3 nitrogen and oxygen atoms in total. The van der Waals surface area contributed by atoms with Gasteiger partial charge in [-0.05, 0) is 92.7 Å². The van der Waals surface area contributed by atoms with Crippen molar-refractivity contribution in [3.05, 3.63) is 237 Å². The van der Waals surface area contributed by atoms with Gasteiger partial charge in [-0.25, -0.2) is 9.97 Å². The largest absolute Gasteiger partial charge is 0.311 e. The molecule has 0 fully saturated rings. The molecule has 0 saturated carbocycles. The van der Waals surface area contributed by atoms with E-state index in [-0.39, 0.29) is 0 Å². The van der Waals surface area contributed by atoms with Gasteiger partial charge < -0.3 is 4.90 Å². The third kappa shape index (κ3) is 7.53. The van der Waals surface area contributed by atoms with E-state index in [0.29, 0.717) is 5.82 Å². The molecule has 59 heavy (non-hydrogen) atoms. The molecule has 0 N–H and O–H groups in total. The van der Waals surface area contributed by atoms with Gasteiger partial charge in [-0.2, -0.15) is 0 Å². The number of aromatic nitrogens is 2. The summed E-state index contributed by atoms with van der Waals surface area (Å²) in [5.74, 6) is 0.699. The Morgan fingerprint density at radius 3 is 1.12 bits per heavy atom. The van der Waals surface area contributed by atoms with Crippen molar-refractivity contribution >= 4 is 27.8 Å². The monoisotopic (exact) mass is 753 g/mol.